The molecule has 0 aliphatic heterocycles. The lowest BCUT2D eigenvalue weighted by molar-refractivity contribution is -0.118. The Kier molecular flexibility index (Phi) is 4.50. The summed E-state index contributed by atoms with van der Waals surface area (Å²) in [4.78, 5) is 0. The van der Waals surface area contributed by atoms with E-state index in [2.05, 4.69) is 37.4 Å². The molecule has 5 rings (SSSR count). The summed E-state index contributed by atoms with van der Waals surface area (Å²) in [7, 11) is 0. The Hall–Kier alpha value is -1.22. The van der Waals surface area contributed by atoms with Crippen LogP contribution in [0.2, 0.25) is 0 Å². The zero-order chi connectivity index (χ0) is 18.4. The van der Waals surface area contributed by atoms with Gasteiger partial charge >= 0.3 is 0 Å². The van der Waals surface area contributed by atoms with Gasteiger partial charge in [0.1, 0.15) is 0 Å². The fourth-order valence-corrected chi connectivity index (χ4v) is 7.14. The minimum Gasteiger partial charge on any atom is -0.490 e. The number of rotatable bonds is 7. The second-order valence-electron chi connectivity index (χ2n) is 9.91. The summed E-state index contributed by atoms with van der Waals surface area (Å²) < 4.78 is 11.5. The van der Waals surface area contributed by atoms with Gasteiger partial charge in [0.15, 0.2) is 11.5 Å². The van der Waals surface area contributed by atoms with Crippen molar-refractivity contribution >= 4 is 0 Å². The molecule has 1 N–H and O–H groups in total. The lowest BCUT2D eigenvalue weighted by Crippen LogP contribution is -2.63. The minimum absolute atomic E-state index is 0.341. The van der Waals surface area contributed by atoms with Gasteiger partial charge < -0.3 is 14.8 Å². The molecule has 4 aliphatic rings. The Bertz CT molecular complexity index is 652. The molecule has 4 atom stereocenters. The maximum Gasteiger partial charge on any atom is 0.161 e. The molecular formula is C23H35NO2. The molecule has 4 bridgehead atoms. The first-order valence-electron chi connectivity index (χ1n) is 10.5. The molecule has 1 aromatic carbocycles. The molecule has 2 unspecified atom stereocenters. The average molecular weight is 358 g/mol. The lowest BCUT2D eigenvalue weighted by atomic mass is 9.43. The quantitative estimate of drug-likeness (QED) is 0.716. The van der Waals surface area contributed by atoms with Crippen LogP contribution in [0, 0.1) is 16.7 Å². The summed E-state index contributed by atoms with van der Waals surface area (Å²) in [5.41, 5.74) is 2.74. The topological polar surface area (TPSA) is 30.5 Å². The highest BCUT2D eigenvalue weighted by Crippen LogP contribution is 2.66. The smallest absolute Gasteiger partial charge is 0.161 e. The van der Waals surface area contributed by atoms with Crippen LogP contribution >= 0.6 is 0 Å². The van der Waals surface area contributed by atoms with E-state index in [-0.39, 0.29) is 0 Å². The largest absolute Gasteiger partial charge is 0.490 e. The molecule has 0 aromatic heterocycles. The highest BCUT2D eigenvalue weighted by Gasteiger charge is 2.59. The van der Waals surface area contributed by atoms with Crippen molar-refractivity contribution in [2.24, 2.45) is 16.7 Å². The monoisotopic (exact) mass is 357 g/mol. The molecule has 0 saturated heterocycles. The second kappa shape index (κ2) is 6.44. The van der Waals surface area contributed by atoms with Gasteiger partial charge in [-0.1, -0.05) is 19.9 Å². The summed E-state index contributed by atoms with van der Waals surface area (Å²) in [5, 5.41) is 4.02. The van der Waals surface area contributed by atoms with Crippen LogP contribution in [0.3, 0.4) is 0 Å². The van der Waals surface area contributed by atoms with Crippen molar-refractivity contribution in [3.8, 4) is 11.5 Å². The third-order valence-electron chi connectivity index (χ3n) is 6.90. The Morgan fingerprint density at radius 2 is 1.58 bits per heavy atom. The van der Waals surface area contributed by atoms with E-state index in [1.54, 1.807) is 0 Å². The summed E-state index contributed by atoms with van der Waals surface area (Å²) in [6.45, 7) is 11.4. The molecule has 0 heterocycles. The van der Waals surface area contributed by atoms with E-state index in [9.17, 15) is 0 Å². The molecule has 0 radical (unpaired) electrons. The van der Waals surface area contributed by atoms with Crippen LogP contribution in [0.5, 0.6) is 11.5 Å². The average Bonchev–Trinajstić information content (AvgIpc) is 2.52. The summed E-state index contributed by atoms with van der Waals surface area (Å²) >= 11 is 0. The molecule has 4 fully saturated rings. The molecule has 0 amide bonds. The van der Waals surface area contributed by atoms with Gasteiger partial charge in [-0.2, -0.15) is 0 Å². The third-order valence-corrected chi connectivity index (χ3v) is 6.90. The van der Waals surface area contributed by atoms with Crippen LogP contribution in [0.15, 0.2) is 18.2 Å². The van der Waals surface area contributed by atoms with Gasteiger partial charge in [-0.25, -0.2) is 0 Å². The van der Waals surface area contributed by atoms with Crippen molar-refractivity contribution in [2.45, 2.75) is 78.3 Å². The van der Waals surface area contributed by atoms with Crippen LogP contribution in [0.4, 0.5) is 0 Å². The molecule has 1 aromatic rings. The van der Waals surface area contributed by atoms with E-state index >= 15 is 0 Å². The number of benzene rings is 1. The molecule has 4 aliphatic carbocycles. The first kappa shape index (κ1) is 18.2. The molecular weight excluding hydrogens is 322 g/mol. The van der Waals surface area contributed by atoms with E-state index in [1.807, 2.05) is 13.8 Å². The van der Waals surface area contributed by atoms with Crippen molar-refractivity contribution in [3.05, 3.63) is 23.8 Å². The standard InChI is InChI=1S/C23H35NO2/c1-5-25-19-8-7-17(9-20(19)26-6-2)13-24-23-12-18-10-21(3,15-23)14-22(4,11-18)16-23/h7-9,18,24H,5-6,10-16H2,1-4H3/t18?,21-,22+,23?. The van der Waals surface area contributed by atoms with Crippen LogP contribution in [0.25, 0.3) is 0 Å². The van der Waals surface area contributed by atoms with Crippen molar-refractivity contribution in [2.75, 3.05) is 13.2 Å². The predicted molar refractivity (Wildman–Crippen MR) is 106 cm³/mol. The van der Waals surface area contributed by atoms with E-state index in [0.29, 0.717) is 29.6 Å². The number of nitrogens with one attached hydrogen (secondary N) is 1. The minimum atomic E-state index is 0.341. The van der Waals surface area contributed by atoms with E-state index in [1.165, 1.54) is 44.1 Å². The lowest BCUT2D eigenvalue weighted by Gasteiger charge is -2.65. The normalized spacial score (nSPS) is 37.8. The van der Waals surface area contributed by atoms with E-state index in [0.717, 1.165) is 24.0 Å². The van der Waals surface area contributed by atoms with Gasteiger partial charge in [0, 0.05) is 12.1 Å². The van der Waals surface area contributed by atoms with Gasteiger partial charge in [0.25, 0.3) is 0 Å². The Morgan fingerprint density at radius 1 is 0.923 bits per heavy atom. The predicted octanol–water partition coefficient (Wildman–Crippen LogP) is 5.32. The molecule has 26 heavy (non-hydrogen) atoms. The highest BCUT2D eigenvalue weighted by atomic mass is 16.5. The maximum atomic E-state index is 5.81. The molecule has 3 heteroatoms. The molecule has 0 spiro atoms. The zero-order valence-corrected chi connectivity index (χ0v) is 17.0. The van der Waals surface area contributed by atoms with Gasteiger partial charge in [0.05, 0.1) is 13.2 Å². The van der Waals surface area contributed by atoms with Crippen molar-refractivity contribution in [3.63, 3.8) is 0 Å². The first-order chi connectivity index (χ1) is 12.4. The van der Waals surface area contributed by atoms with Crippen molar-refractivity contribution < 1.29 is 9.47 Å². The van der Waals surface area contributed by atoms with Crippen LogP contribution in [-0.2, 0) is 6.54 Å². The summed E-state index contributed by atoms with van der Waals surface area (Å²) in [6.07, 6.45) is 8.39. The maximum absolute atomic E-state index is 5.81. The van der Waals surface area contributed by atoms with E-state index in [4.69, 9.17) is 9.47 Å². The number of hydrogen-bond donors (Lipinski definition) is 1. The van der Waals surface area contributed by atoms with Crippen LogP contribution < -0.4 is 14.8 Å². The van der Waals surface area contributed by atoms with Gasteiger partial charge in [0.2, 0.25) is 0 Å². The van der Waals surface area contributed by atoms with Gasteiger partial charge in [-0.15, -0.1) is 0 Å². The summed E-state index contributed by atoms with van der Waals surface area (Å²) in [5.74, 6) is 2.65. The van der Waals surface area contributed by atoms with Crippen molar-refractivity contribution in [1.82, 2.24) is 5.32 Å². The number of ether oxygens (including phenoxy) is 2. The SMILES string of the molecule is CCOc1ccc(CNC23CC4C[C@@](C)(C2)C[C@](C)(C4)C3)cc1OCC. The zero-order valence-electron chi connectivity index (χ0n) is 17.0. The molecule has 3 nitrogen and oxygen atoms in total. The molecule has 4 saturated carbocycles. The van der Waals surface area contributed by atoms with Crippen LogP contribution in [-0.4, -0.2) is 18.8 Å². The molecule has 144 valence electrons. The second-order valence-corrected chi connectivity index (χ2v) is 9.91. The fraction of sp³-hybridized carbons (Fsp3) is 0.739. The van der Waals surface area contributed by atoms with Gasteiger partial charge in [-0.05, 0) is 86.8 Å². The Labute approximate surface area is 158 Å². The van der Waals surface area contributed by atoms with Gasteiger partial charge in [-0.3, -0.25) is 0 Å². The number of hydrogen-bond acceptors (Lipinski definition) is 3. The van der Waals surface area contributed by atoms with Crippen molar-refractivity contribution in [1.29, 1.82) is 0 Å². The summed E-state index contributed by atoms with van der Waals surface area (Å²) in [6, 6.07) is 6.41. The first-order valence-corrected chi connectivity index (χ1v) is 10.5. The van der Waals surface area contributed by atoms with Crippen LogP contribution in [0.1, 0.15) is 71.8 Å². The third kappa shape index (κ3) is 3.35. The Morgan fingerprint density at radius 3 is 2.19 bits per heavy atom. The Balaban J connectivity index is 1.50. The highest BCUT2D eigenvalue weighted by molar-refractivity contribution is 5.43. The fourth-order valence-electron chi connectivity index (χ4n) is 7.14. The van der Waals surface area contributed by atoms with E-state index < -0.39 is 0 Å².